The van der Waals surface area contributed by atoms with Gasteiger partial charge in [0.15, 0.2) is 0 Å². The lowest BCUT2D eigenvalue weighted by Crippen LogP contribution is -2.49. The average Bonchev–Trinajstić information content (AvgIpc) is 2.58. The minimum atomic E-state index is -0.478. The summed E-state index contributed by atoms with van der Waals surface area (Å²) in [5, 5.41) is 3.34. The highest BCUT2D eigenvalue weighted by atomic mass is 35.5. The predicted molar refractivity (Wildman–Crippen MR) is 92.9 cm³/mol. The van der Waals surface area contributed by atoms with Crippen molar-refractivity contribution >= 4 is 29.0 Å². The summed E-state index contributed by atoms with van der Waals surface area (Å²) in [6, 6.07) is 11.9. The first-order valence-electron chi connectivity index (χ1n) is 7.76. The molecule has 3 rings (SSSR count). The molecule has 5 nitrogen and oxygen atoms in total. The third kappa shape index (κ3) is 4.21. The SMILES string of the molecule is O=C(CN1CCN(c2cccc(F)n2)CC1)Nc1ccccc1Cl. The first kappa shape index (κ1) is 16.7. The fourth-order valence-electron chi connectivity index (χ4n) is 2.66. The van der Waals surface area contributed by atoms with E-state index in [2.05, 4.69) is 15.2 Å². The quantitative estimate of drug-likeness (QED) is 0.863. The molecular weight excluding hydrogens is 331 g/mol. The van der Waals surface area contributed by atoms with Crippen molar-refractivity contribution in [2.45, 2.75) is 0 Å². The van der Waals surface area contributed by atoms with Crippen molar-refractivity contribution in [1.82, 2.24) is 9.88 Å². The van der Waals surface area contributed by atoms with E-state index < -0.39 is 5.95 Å². The topological polar surface area (TPSA) is 48.5 Å². The van der Waals surface area contributed by atoms with E-state index in [0.29, 0.717) is 49.3 Å². The lowest BCUT2D eigenvalue weighted by Gasteiger charge is -2.34. The van der Waals surface area contributed by atoms with Gasteiger partial charge in [0, 0.05) is 26.2 Å². The molecule has 1 saturated heterocycles. The average molecular weight is 349 g/mol. The Labute approximate surface area is 145 Å². The van der Waals surface area contributed by atoms with Gasteiger partial charge >= 0.3 is 0 Å². The summed E-state index contributed by atoms with van der Waals surface area (Å²) in [5.41, 5.74) is 0.617. The van der Waals surface area contributed by atoms with Crippen LogP contribution >= 0.6 is 11.6 Å². The van der Waals surface area contributed by atoms with E-state index in [1.807, 2.05) is 17.0 Å². The number of halogens is 2. The summed E-state index contributed by atoms with van der Waals surface area (Å²) >= 11 is 6.04. The predicted octanol–water partition coefficient (Wildman–Crippen LogP) is 2.63. The number of hydrogen-bond donors (Lipinski definition) is 1. The fraction of sp³-hybridized carbons (Fsp3) is 0.294. The summed E-state index contributed by atoms with van der Waals surface area (Å²) in [6.45, 7) is 3.14. The van der Waals surface area contributed by atoms with Crippen molar-refractivity contribution in [3.63, 3.8) is 0 Å². The highest BCUT2D eigenvalue weighted by Gasteiger charge is 2.20. The van der Waals surface area contributed by atoms with E-state index in [9.17, 15) is 9.18 Å². The summed E-state index contributed by atoms with van der Waals surface area (Å²) in [7, 11) is 0. The van der Waals surface area contributed by atoms with Crippen LogP contribution in [0.25, 0.3) is 0 Å². The van der Waals surface area contributed by atoms with Crippen molar-refractivity contribution in [2.75, 3.05) is 42.9 Å². The molecule has 0 radical (unpaired) electrons. The number of para-hydroxylation sites is 1. The lowest BCUT2D eigenvalue weighted by atomic mass is 10.3. The second kappa shape index (κ2) is 7.59. The van der Waals surface area contributed by atoms with Crippen LogP contribution in [0.1, 0.15) is 0 Å². The molecule has 1 aliphatic heterocycles. The molecule has 1 aliphatic rings. The Morgan fingerprint density at radius 3 is 2.58 bits per heavy atom. The molecule has 7 heteroatoms. The minimum absolute atomic E-state index is 0.0968. The Morgan fingerprint density at radius 2 is 1.88 bits per heavy atom. The van der Waals surface area contributed by atoms with Gasteiger partial charge < -0.3 is 10.2 Å². The monoisotopic (exact) mass is 348 g/mol. The molecule has 2 heterocycles. The molecule has 126 valence electrons. The van der Waals surface area contributed by atoms with Gasteiger partial charge in [-0.2, -0.15) is 4.39 Å². The Morgan fingerprint density at radius 1 is 1.12 bits per heavy atom. The molecule has 0 spiro atoms. The van der Waals surface area contributed by atoms with Crippen LogP contribution in [0.15, 0.2) is 42.5 Å². The van der Waals surface area contributed by atoms with Crippen LogP contribution < -0.4 is 10.2 Å². The van der Waals surface area contributed by atoms with Crippen LogP contribution in [-0.2, 0) is 4.79 Å². The van der Waals surface area contributed by atoms with E-state index in [-0.39, 0.29) is 5.91 Å². The van der Waals surface area contributed by atoms with Gasteiger partial charge in [-0.15, -0.1) is 0 Å². The molecular formula is C17H18ClFN4O. The molecule has 0 unspecified atom stereocenters. The van der Waals surface area contributed by atoms with Gasteiger partial charge in [0.05, 0.1) is 17.3 Å². The molecule has 2 aromatic rings. The minimum Gasteiger partial charge on any atom is -0.354 e. The van der Waals surface area contributed by atoms with Crippen LogP contribution in [0.3, 0.4) is 0 Å². The smallest absolute Gasteiger partial charge is 0.238 e. The van der Waals surface area contributed by atoms with E-state index in [1.54, 1.807) is 24.3 Å². The van der Waals surface area contributed by atoms with Gasteiger partial charge in [0.2, 0.25) is 11.9 Å². The highest BCUT2D eigenvalue weighted by molar-refractivity contribution is 6.33. The Balaban J connectivity index is 1.50. The Kier molecular flexibility index (Phi) is 5.27. The van der Waals surface area contributed by atoms with Crippen molar-refractivity contribution in [3.05, 3.63) is 53.4 Å². The maximum Gasteiger partial charge on any atom is 0.238 e. The zero-order valence-electron chi connectivity index (χ0n) is 13.1. The van der Waals surface area contributed by atoms with Gasteiger partial charge in [-0.25, -0.2) is 4.98 Å². The van der Waals surface area contributed by atoms with E-state index in [0.717, 1.165) is 0 Å². The summed E-state index contributed by atoms with van der Waals surface area (Å²) in [6.07, 6.45) is 0. The first-order valence-corrected chi connectivity index (χ1v) is 8.14. The summed E-state index contributed by atoms with van der Waals surface area (Å²) < 4.78 is 13.2. The van der Waals surface area contributed by atoms with E-state index in [1.165, 1.54) is 6.07 Å². The van der Waals surface area contributed by atoms with Crippen LogP contribution in [0.5, 0.6) is 0 Å². The van der Waals surface area contributed by atoms with Crippen LogP contribution in [0, 0.1) is 5.95 Å². The van der Waals surface area contributed by atoms with E-state index >= 15 is 0 Å². The van der Waals surface area contributed by atoms with Gasteiger partial charge in [0.1, 0.15) is 5.82 Å². The standard InChI is InChI=1S/C17H18ClFN4O/c18-13-4-1-2-5-14(13)20-17(24)12-22-8-10-23(11-9-22)16-7-3-6-15(19)21-16/h1-7H,8-12H2,(H,20,24). The van der Waals surface area contributed by atoms with Gasteiger partial charge in [-0.05, 0) is 24.3 Å². The molecule has 0 atom stereocenters. The number of piperazine rings is 1. The Bertz CT molecular complexity index is 719. The number of rotatable bonds is 4. The zero-order chi connectivity index (χ0) is 16.9. The van der Waals surface area contributed by atoms with Gasteiger partial charge in [0.25, 0.3) is 0 Å². The number of nitrogens with zero attached hydrogens (tertiary/aromatic N) is 3. The molecule has 0 saturated carbocycles. The maximum atomic E-state index is 13.2. The lowest BCUT2D eigenvalue weighted by molar-refractivity contribution is -0.117. The number of pyridine rings is 1. The number of amides is 1. The number of hydrogen-bond acceptors (Lipinski definition) is 4. The number of benzene rings is 1. The number of anilines is 2. The number of nitrogens with one attached hydrogen (secondary N) is 1. The van der Waals surface area contributed by atoms with Gasteiger partial charge in [-0.1, -0.05) is 29.8 Å². The van der Waals surface area contributed by atoms with Crippen molar-refractivity contribution in [2.24, 2.45) is 0 Å². The molecule has 24 heavy (non-hydrogen) atoms. The number of carbonyl (C=O) groups is 1. The molecule has 0 bridgehead atoms. The summed E-state index contributed by atoms with van der Waals surface area (Å²) in [4.78, 5) is 20.1. The molecule has 0 aliphatic carbocycles. The molecule has 1 aromatic heterocycles. The Hall–Kier alpha value is -2.18. The zero-order valence-corrected chi connectivity index (χ0v) is 13.8. The molecule has 1 fully saturated rings. The van der Waals surface area contributed by atoms with Crippen LogP contribution in [0.4, 0.5) is 15.9 Å². The van der Waals surface area contributed by atoms with E-state index in [4.69, 9.17) is 11.6 Å². The normalized spacial score (nSPS) is 15.3. The largest absolute Gasteiger partial charge is 0.354 e. The number of carbonyl (C=O) groups excluding carboxylic acids is 1. The molecule has 1 amide bonds. The van der Waals surface area contributed by atoms with Crippen molar-refractivity contribution in [1.29, 1.82) is 0 Å². The van der Waals surface area contributed by atoms with Crippen LogP contribution in [-0.4, -0.2) is 48.5 Å². The van der Waals surface area contributed by atoms with Crippen molar-refractivity contribution < 1.29 is 9.18 Å². The maximum absolute atomic E-state index is 13.2. The first-order chi connectivity index (χ1) is 11.6. The second-order valence-electron chi connectivity index (χ2n) is 5.61. The molecule has 1 N–H and O–H groups in total. The summed E-state index contributed by atoms with van der Waals surface area (Å²) in [5.74, 6) is 0.0599. The van der Waals surface area contributed by atoms with Crippen molar-refractivity contribution in [3.8, 4) is 0 Å². The third-order valence-electron chi connectivity index (χ3n) is 3.91. The molecule has 1 aromatic carbocycles. The van der Waals surface area contributed by atoms with Crippen LogP contribution in [0.2, 0.25) is 5.02 Å². The second-order valence-corrected chi connectivity index (χ2v) is 6.02. The fourth-order valence-corrected chi connectivity index (χ4v) is 2.85. The number of aromatic nitrogens is 1. The highest BCUT2D eigenvalue weighted by Crippen LogP contribution is 2.20. The third-order valence-corrected chi connectivity index (χ3v) is 4.24. The van der Waals surface area contributed by atoms with Gasteiger partial charge in [-0.3, -0.25) is 9.69 Å².